The zero-order valence-electron chi connectivity index (χ0n) is 9.34. The van der Waals surface area contributed by atoms with Crippen molar-refractivity contribution in [1.29, 1.82) is 0 Å². The molecule has 0 fully saturated rings. The third-order valence-electron chi connectivity index (χ3n) is 2.42. The smallest absolute Gasteiger partial charge is 0.176 e. The molecule has 0 saturated heterocycles. The van der Waals surface area contributed by atoms with Crippen LogP contribution in [0.15, 0.2) is 24.3 Å². The number of aryl methyl sites for hydroxylation is 1. The van der Waals surface area contributed by atoms with Crippen LogP contribution in [0.4, 0.5) is 0 Å². The molecule has 1 atom stereocenters. The fourth-order valence-electron chi connectivity index (χ4n) is 1.60. The van der Waals surface area contributed by atoms with Crippen LogP contribution in [0.1, 0.15) is 17.4 Å². The predicted molar refractivity (Wildman–Crippen MR) is 71.7 cm³/mol. The monoisotopic (exact) mass is 344 g/mol. The fourth-order valence-corrected chi connectivity index (χ4v) is 2.37. The fraction of sp³-hybridized carbons (Fsp3) is 0.300. The largest absolute Gasteiger partial charge is 0.271 e. The van der Waals surface area contributed by atoms with Gasteiger partial charge in [0.2, 0.25) is 0 Å². The highest BCUT2D eigenvalue weighted by atomic mass is 127. The molecular weight excluding hydrogens is 331 g/mol. The summed E-state index contributed by atoms with van der Waals surface area (Å²) < 4.78 is 1.16. The Bertz CT molecular complexity index is 497. The second-order valence-electron chi connectivity index (χ2n) is 3.64. The summed E-state index contributed by atoms with van der Waals surface area (Å²) in [5, 5.41) is 11.9. The molecule has 0 aliphatic heterocycles. The van der Waals surface area contributed by atoms with Crippen molar-refractivity contribution in [3.63, 3.8) is 0 Å². The minimum atomic E-state index is -0.00713. The molecule has 7 heteroatoms. The van der Waals surface area contributed by atoms with E-state index in [0.29, 0.717) is 12.2 Å². The van der Waals surface area contributed by atoms with Gasteiger partial charge < -0.3 is 0 Å². The Balaban J connectivity index is 2.20. The summed E-state index contributed by atoms with van der Waals surface area (Å²) in [6.45, 7) is 0. The van der Waals surface area contributed by atoms with Gasteiger partial charge in [-0.25, -0.2) is 0 Å². The molecule has 1 unspecified atom stereocenters. The summed E-state index contributed by atoms with van der Waals surface area (Å²) in [7, 11) is 1.74. The number of benzene rings is 1. The molecule has 0 bridgehead atoms. The number of rotatable bonds is 4. The first-order valence-electron chi connectivity index (χ1n) is 5.14. The van der Waals surface area contributed by atoms with Gasteiger partial charge in [-0.15, -0.1) is 10.2 Å². The molecule has 17 heavy (non-hydrogen) atoms. The van der Waals surface area contributed by atoms with Crippen molar-refractivity contribution >= 4 is 22.6 Å². The van der Waals surface area contributed by atoms with Crippen molar-refractivity contribution < 1.29 is 0 Å². The number of halogens is 1. The SMILES string of the molecule is Cn1nnc(CC(NN)c2ccccc2I)n1. The van der Waals surface area contributed by atoms with E-state index in [4.69, 9.17) is 5.84 Å². The van der Waals surface area contributed by atoms with E-state index in [1.165, 1.54) is 4.80 Å². The second-order valence-corrected chi connectivity index (χ2v) is 4.80. The zero-order chi connectivity index (χ0) is 12.3. The van der Waals surface area contributed by atoms with Crippen molar-refractivity contribution in [2.45, 2.75) is 12.5 Å². The molecule has 6 nitrogen and oxygen atoms in total. The lowest BCUT2D eigenvalue weighted by Gasteiger charge is -2.15. The van der Waals surface area contributed by atoms with Crippen LogP contribution in [-0.4, -0.2) is 20.2 Å². The van der Waals surface area contributed by atoms with Gasteiger partial charge in [0, 0.05) is 9.99 Å². The van der Waals surface area contributed by atoms with Crippen LogP contribution in [-0.2, 0) is 13.5 Å². The van der Waals surface area contributed by atoms with Crippen molar-refractivity contribution in [2.24, 2.45) is 12.9 Å². The Morgan fingerprint density at radius 1 is 1.47 bits per heavy atom. The molecule has 2 rings (SSSR count). The topological polar surface area (TPSA) is 81.7 Å². The van der Waals surface area contributed by atoms with Crippen LogP contribution in [0, 0.1) is 3.57 Å². The number of nitrogens with one attached hydrogen (secondary N) is 1. The van der Waals surface area contributed by atoms with Gasteiger partial charge in [-0.05, 0) is 39.4 Å². The van der Waals surface area contributed by atoms with Crippen LogP contribution >= 0.6 is 22.6 Å². The van der Waals surface area contributed by atoms with Gasteiger partial charge in [0.15, 0.2) is 5.82 Å². The number of hydrogen-bond acceptors (Lipinski definition) is 5. The number of hydrogen-bond donors (Lipinski definition) is 2. The third-order valence-corrected chi connectivity index (χ3v) is 3.40. The van der Waals surface area contributed by atoms with Crippen molar-refractivity contribution in [3.8, 4) is 0 Å². The first-order chi connectivity index (χ1) is 8.20. The molecule has 3 N–H and O–H groups in total. The van der Waals surface area contributed by atoms with E-state index in [1.54, 1.807) is 7.05 Å². The maximum absolute atomic E-state index is 5.59. The van der Waals surface area contributed by atoms with E-state index in [2.05, 4.69) is 43.4 Å². The molecule has 1 aromatic heterocycles. The van der Waals surface area contributed by atoms with Crippen LogP contribution in [0.5, 0.6) is 0 Å². The minimum Gasteiger partial charge on any atom is -0.271 e. The second kappa shape index (κ2) is 5.52. The Morgan fingerprint density at radius 2 is 2.24 bits per heavy atom. The minimum absolute atomic E-state index is 0.00713. The molecular formula is C10H13IN6. The molecule has 2 aromatic rings. The Hall–Kier alpha value is -1.06. The lowest BCUT2D eigenvalue weighted by Crippen LogP contribution is -2.30. The quantitative estimate of drug-likeness (QED) is 0.481. The molecule has 0 amide bonds. The van der Waals surface area contributed by atoms with Gasteiger partial charge in [-0.2, -0.15) is 4.80 Å². The summed E-state index contributed by atoms with van der Waals surface area (Å²) in [5.74, 6) is 6.27. The van der Waals surface area contributed by atoms with Crippen molar-refractivity contribution in [2.75, 3.05) is 0 Å². The first-order valence-corrected chi connectivity index (χ1v) is 6.22. The molecule has 1 aromatic carbocycles. The van der Waals surface area contributed by atoms with Gasteiger partial charge >= 0.3 is 0 Å². The zero-order valence-corrected chi connectivity index (χ0v) is 11.5. The van der Waals surface area contributed by atoms with E-state index in [1.807, 2.05) is 24.3 Å². The summed E-state index contributed by atoms with van der Waals surface area (Å²) >= 11 is 2.29. The van der Waals surface area contributed by atoms with E-state index < -0.39 is 0 Å². The lowest BCUT2D eigenvalue weighted by molar-refractivity contribution is 0.534. The maximum Gasteiger partial charge on any atom is 0.176 e. The summed E-state index contributed by atoms with van der Waals surface area (Å²) in [5.41, 5.74) is 3.94. The van der Waals surface area contributed by atoms with Gasteiger partial charge in [0.05, 0.1) is 13.1 Å². The van der Waals surface area contributed by atoms with Gasteiger partial charge in [0.1, 0.15) is 0 Å². The normalized spacial score (nSPS) is 12.6. The average Bonchev–Trinajstić information content (AvgIpc) is 2.73. The Kier molecular flexibility index (Phi) is 4.02. The van der Waals surface area contributed by atoms with Crippen molar-refractivity contribution in [3.05, 3.63) is 39.2 Å². The number of nitrogens with two attached hydrogens (primary N) is 1. The standard InChI is InChI=1S/C10H13IN6/c1-17-15-10(14-16-17)6-9(13-12)7-4-2-3-5-8(7)11/h2-5,9,13H,6,12H2,1H3. The third kappa shape index (κ3) is 2.99. The molecule has 0 radical (unpaired) electrons. The van der Waals surface area contributed by atoms with E-state index in [9.17, 15) is 0 Å². The average molecular weight is 344 g/mol. The summed E-state index contributed by atoms with van der Waals surface area (Å²) in [6, 6.07) is 8.07. The molecule has 0 aliphatic rings. The molecule has 0 spiro atoms. The number of tetrazole rings is 1. The van der Waals surface area contributed by atoms with Crippen LogP contribution in [0.2, 0.25) is 0 Å². The van der Waals surface area contributed by atoms with Gasteiger partial charge in [-0.1, -0.05) is 18.2 Å². The molecule has 0 aliphatic carbocycles. The van der Waals surface area contributed by atoms with Crippen molar-refractivity contribution in [1.82, 2.24) is 25.6 Å². The van der Waals surface area contributed by atoms with Gasteiger partial charge in [-0.3, -0.25) is 11.3 Å². The molecule has 0 saturated carbocycles. The number of aromatic nitrogens is 4. The van der Waals surface area contributed by atoms with Crippen LogP contribution < -0.4 is 11.3 Å². The number of nitrogens with zero attached hydrogens (tertiary/aromatic N) is 4. The van der Waals surface area contributed by atoms with E-state index >= 15 is 0 Å². The van der Waals surface area contributed by atoms with Crippen LogP contribution in [0.25, 0.3) is 0 Å². The first kappa shape index (κ1) is 12.4. The summed E-state index contributed by atoms with van der Waals surface area (Å²) in [4.78, 5) is 1.44. The Morgan fingerprint density at radius 3 is 2.82 bits per heavy atom. The van der Waals surface area contributed by atoms with E-state index in [-0.39, 0.29) is 6.04 Å². The number of hydrazine groups is 1. The van der Waals surface area contributed by atoms with Gasteiger partial charge in [0.25, 0.3) is 0 Å². The van der Waals surface area contributed by atoms with Crippen LogP contribution in [0.3, 0.4) is 0 Å². The molecule has 1 heterocycles. The predicted octanol–water partition coefficient (Wildman–Crippen LogP) is 0.562. The highest BCUT2D eigenvalue weighted by molar-refractivity contribution is 14.1. The highest BCUT2D eigenvalue weighted by Gasteiger charge is 2.15. The Labute approximate surface area is 113 Å². The lowest BCUT2D eigenvalue weighted by atomic mass is 10.0. The van der Waals surface area contributed by atoms with E-state index in [0.717, 1.165) is 9.13 Å². The molecule has 90 valence electrons. The maximum atomic E-state index is 5.59. The highest BCUT2D eigenvalue weighted by Crippen LogP contribution is 2.21. The summed E-state index contributed by atoms with van der Waals surface area (Å²) in [6.07, 6.45) is 0.615.